The highest BCUT2D eigenvalue weighted by atomic mass is 16.5. The molecule has 0 unspecified atom stereocenters. The smallest absolute Gasteiger partial charge is 0.322 e. The molecular weight excluding hydrogens is 492 g/mol. The molecule has 11 heteroatoms. The van der Waals surface area contributed by atoms with Crippen molar-refractivity contribution in [3.8, 4) is 17.4 Å². The number of carboxylic acid groups (broad SMARTS) is 1. The van der Waals surface area contributed by atoms with Crippen molar-refractivity contribution in [3.63, 3.8) is 0 Å². The number of allylic oxidation sites excluding steroid dienone is 2. The molecular formula is C27H28N4O7. The number of fused-ring (bicyclic) bond motifs is 1. The summed E-state index contributed by atoms with van der Waals surface area (Å²) in [6.07, 6.45) is 5.16. The number of furan rings is 1. The van der Waals surface area contributed by atoms with Gasteiger partial charge < -0.3 is 39.7 Å². The Hall–Kier alpha value is -4.93. The van der Waals surface area contributed by atoms with Gasteiger partial charge in [-0.05, 0) is 54.0 Å². The molecule has 11 nitrogen and oxygen atoms in total. The van der Waals surface area contributed by atoms with Crippen molar-refractivity contribution in [1.82, 2.24) is 15.6 Å². The number of carbonyl (C=O) groups is 2. The van der Waals surface area contributed by atoms with Crippen molar-refractivity contribution >= 4 is 35.0 Å². The van der Waals surface area contributed by atoms with Crippen LogP contribution in [0.2, 0.25) is 0 Å². The molecule has 2 heterocycles. The number of ether oxygens (including phenoxy) is 3. The number of carbonyl (C=O) groups excluding carboxylic acids is 1. The molecule has 2 aromatic heterocycles. The monoisotopic (exact) mass is 520 g/mol. The molecule has 0 aliphatic heterocycles. The van der Waals surface area contributed by atoms with Gasteiger partial charge in [0.15, 0.2) is 0 Å². The third-order valence-electron chi connectivity index (χ3n) is 5.92. The Morgan fingerprint density at radius 2 is 1.82 bits per heavy atom. The van der Waals surface area contributed by atoms with Crippen LogP contribution in [0.15, 0.2) is 52.8 Å². The normalized spacial score (nSPS) is 13.2. The number of anilines is 1. The number of urea groups is 1. The minimum Gasteiger partial charge on any atom is -0.494 e. The fraction of sp³-hybridized carbons (Fsp3) is 0.222. The molecule has 4 rings (SSSR count). The number of methoxy groups -OCH3 is 3. The van der Waals surface area contributed by atoms with Gasteiger partial charge in [-0.25, -0.2) is 9.78 Å². The minimum absolute atomic E-state index is 0.238. The SMILES string of the molecule is COc1cc2c(cn1)/C(=C\c1cc(OC)c(NCC(=O)O)c(OC)c1)C(C)=C2NC(=O)NCc1ccco1. The van der Waals surface area contributed by atoms with Crippen molar-refractivity contribution in [2.24, 2.45) is 0 Å². The standard InChI is InChI=1S/C27H28N4O7/c1-15-18(8-16-9-21(35-2)26(22(10-16)36-3)29-14-24(32)33)20-13-28-23(37-4)11-19(20)25(15)31-27(34)30-12-17-6-5-7-38-17/h5-11,13,29H,12,14H2,1-4H3,(H,32,33)(H2,30,31,34)/b18-8-. The number of benzene rings is 1. The van der Waals surface area contributed by atoms with Crippen molar-refractivity contribution < 1.29 is 33.3 Å². The number of nitrogens with zero attached hydrogens (tertiary/aromatic N) is 1. The van der Waals surface area contributed by atoms with Gasteiger partial charge in [0.2, 0.25) is 5.88 Å². The van der Waals surface area contributed by atoms with Gasteiger partial charge in [0.1, 0.15) is 29.5 Å². The lowest BCUT2D eigenvalue weighted by Crippen LogP contribution is -2.33. The molecule has 0 saturated carbocycles. The van der Waals surface area contributed by atoms with E-state index in [1.165, 1.54) is 21.3 Å². The first-order chi connectivity index (χ1) is 18.3. The van der Waals surface area contributed by atoms with Crippen LogP contribution >= 0.6 is 0 Å². The predicted octanol–water partition coefficient (Wildman–Crippen LogP) is 3.98. The third-order valence-corrected chi connectivity index (χ3v) is 5.92. The molecule has 3 aromatic rings. The largest absolute Gasteiger partial charge is 0.494 e. The number of nitrogens with one attached hydrogen (secondary N) is 3. The summed E-state index contributed by atoms with van der Waals surface area (Å²) >= 11 is 0. The van der Waals surface area contributed by atoms with Crippen LogP contribution in [0.25, 0.3) is 17.3 Å². The Labute approximate surface area is 219 Å². The molecule has 0 saturated heterocycles. The highest BCUT2D eigenvalue weighted by molar-refractivity contribution is 6.07. The average Bonchev–Trinajstić information content (AvgIpc) is 3.53. The zero-order valence-corrected chi connectivity index (χ0v) is 21.4. The Morgan fingerprint density at radius 1 is 1.08 bits per heavy atom. The molecule has 0 spiro atoms. The van der Waals surface area contributed by atoms with Gasteiger partial charge in [-0.3, -0.25) is 4.79 Å². The molecule has 198 valence electrons. The molecule has 38 heavy (non-hydrogen) atoms. The van der Waals surface area contributed by atoms with Gasteiger partial charge in [0, 0.05) is 23.4 Å². The molecule has 0 fully saturated rings. The van der Waals surface area contributed by atoms with E-state index in [1.54, 1.807) is 42.8 Å². The van der Waals surface area contributed by atoms with Crippen molar-refractivity contribution in [2.45, 2.75) is 13.5 Å². The molecule has 0 atom stereocenters. The van der Waals surface area contributed by atoms with Crippen LogP contribution in [-0.4, -0.2) is 50.0 Å². The van der Waals surface area contributed by atoms with E-state index >= 15 is 0 Å². The Balaban J connectivity index is 1.71. The summed E-state index contributed by atoms with van der Waals surface area (Å²) in [7, 11) is 4.51. The summed E-state index contributed by atoms with van der Waals surface area (Å²) < 4.78 is 21.6. The lowest BCUT2D eigenvalue weighted by Gasteiger charge is -2.15. The fourth-order valence-electron chi connectivity index (χ4n) is 4.11. The first kappa shape index (κ1) is 26.1. The molecule has 4 N–H and O–H groups in total. The number of aliphatic carboxylic acids is 1. The Kier molecular flexibility index (Phi) is 7.86. The van der Waals surface area contributed by atoms with Gasteiger partial charge in [-0.15, -0.1) is 0 Å². The second kappa shape index (κ2) is 11.4. The Morgan fingerprint density at radius 3 is 2.42 bits per heavy atom. The molecule has 1 aromatic carbocycles. The summed E-state index contributed by atoms with van der Waals surface area (Å²) in [5.41, 5.74) is 4.98. The van der Waals surface area contributed by atoms with E-state index in [9.17, 15) is 9.59 Å². The number of rotatable bonds is 10. The van der Waals surface area contributed by atoms with Crippen LogP contribution in [0.5, 0.6) is 17.4 Å². The first-order valence-corrected chi connectivity index (χ1v) is 11.6. The van der Waals surface area contributed by atoms with E-state index in [4.69, 9.17) is 23.7 Å². The third kappa shape index (κ3) is 5.56. The predicted molar refractivity (Wildman–Crippen MR) is 141 cm³/mol. The zero-order chi connectivity index (χ0) is 27.2. The fourth-order valence-corrected chi connectivity index (χ4v) is 4.11. The van der Waals surface area contributed by atoms with Crippen molar-refractivity contribution in [1.29, 1.82) is 0 Å². The number of carboxylic acids is 1. The van der Waals surface area contributed by atoms with Crippen LogP contribution in [0.3, 0.4) is 0 Å². The average molecular weight is 521 g/mol. The second-order valence-electron chi connectivity index (χ2n) is 8.27. The summed E-state index contributed by atoms with van der Waals surface area (Å²) in [5.74, 6) is 0.861. The van der Waals surface area contributed by atoms with Gasteiger partial charge in [0.05, 0.1) is 39.8 Å². The number of pyridine rings is 1. The summed E-state index contributed by atoms with van der Waals surface area (Å²) in [6.45, 7) is 1.84. The van der Waals surface area contributed by atoms with Gasteiger partial charge >= 0.3 is 12.0 Å². The van der Waals surface area contributed by atoms with Gasteiger partial charge in [-0.1, -0.05) is 0 Å². The van der Waals surface area contributed by atoms with Crippen LogP contribution in [0, 0.1) is 0 Å². The second-order valence-corrected chi connectivity index (χ2v) is 8.27. The van der Waals surface area contributed by atoms with Crippen LogP contribution in [0.4, 0.5) is 10.5 Å². The molecule has 1 aliphatic rings. The van der Waals surface area contributed by atoms with Crippen molar-refractivity contribution in [3.05, 3.63) is 70.8 Å². The molecule has 2 amide bonds. The quantitative estimate of drug-likeness (QED) is 0.312. The van der Waals surface area contributed by atoms with Gasteiger partial charge in [-0.2, -0.15) is 0 Å². The summed E-state index contributed by atoms with van der Waals surface area (Å²) in [6, 6.07) is 8.44. The lowest BCUT2D eigenvalue weighted by molar-refractivity contribution is -0.134. The lowest BCUT2D eigenvalue weighted by atomic mass is 10.0. The highest BCUT2D eigenvalue weighted by Crippen LogP contribution is 2.43. The van der Waals surface area contributed by atoms with Crippen LogP contribution in [0.1, 0.15) is 29.4 Å². The number of aromatic nitrogens is 1. The number of hydrogen-bond donors (Lipinski definition) is 4. The van der Waals surface area contributed by atoms with Gasteiger partial charge in [0.25, 0.3) is 0 Å². The van der Waals surface area contributed by atoms with Crippen molar-refractivity contribution in [2.75, 3.05) is 33.2 Å². The molecule has 0 radical (unpaired) electrons. The molecule has 0 bridgehead atoms. The van der Waals surface area contributed by atoms with Crippen LogP contribution in [-0.2, 0) is 11.3 Å². The maximum absolute atomic E-state index is 12.7. The highest BCUT2D eigenvalue weighted by Gasteiger charge is 2.27. The number of amides is 2. The first-order valence-electron chi connectivity index (χ1n) is 11.6. The van der Waals surface area contributed by atoms with E-state index in [0.717, 1.165) is 27.8 Å². The van der Waals surface area contributed by atoms with Crippen LogP contribution < -0.4 is 30.2 Å². The van der Waals surface area contributed by atoms with E-state index in [2.05, 4.69) is 20.9 Å². The number of hydrogen-bond acceptors (Lipinski definition) is 8. The molecule has 1 aliphatic carbocycles. The van der Waals surface area contributed by atoms with E-state index in [-0.39, 0.29) is 13.1 Å². The van der Waals surface area contributed by atoms with E-state index in [0.29, 0.717) is 34.5 Å². The summed E-state index contributed by atoms with van der Waals surface area (Å²) in [4.78, 5) is 28.2. The topological polar surface area (TPSA) is 144 Å². The Bertz CT molecular complexity index is 1390. The minimum atomic E-state index is -1.01. The summed E-state index contributed by atoms with van der Waals surface area (Å²) in [5, 5.41) is 17.6. The maximum atomic E-state index is 12.7. The van der Waals surface area contributed by atoms with E-state index < -0.39 is 12.0 Å². The van der Waals surface area contributed by atoms with E-state index in [1.807, 2.05) is 13.0 Å². The zero-order valence-electron chi connectivity index (χ0n) is 21.4. The maximum Gasteiger partial charge on any atom is 0.322 e.